The summed E-state index contributed by atoms with van der Waals surface area (Å²) >= 11 is 3.11. The van der Waals surface area contributed by atoms with E-state index in [1.807, 2.05) is 35.7 Å². The molecule has 0 aliphatic rings. The van der Waals surface area contributed by atoms with E-state index in [1.54, 1.807) is 28.0 Å². The van der Waals surface area contributed by atoms with E-state index in [0.29, 0.717) is 28.4 Å². The summed E-state index contributed by atoms with van der Waals surface area (Å²) in [6.45, 7) is 0.552. The molecule has 0 atom stereocenters. The average molecular weight is 427 g/mol. The molecule has 0 amide bonds. The highest BCUT2D eigenvalue weighted by atomic mass is 32.2. The number of hydrogen-bond acceptors (Lipinski definition) is 5. The lowest BCUT2D eigenvalue weighted by Gasteiger charge is -2.13. The van der Waals surface area contributed by atoms with Gasteiger partial charge in [0, 0.05) is 17.2 Å². The molecule has 0 fully saturated rings. The molecule has 0 aliphatic carbocycles. The van der Waals surface area contributed by atoms with Crippen molar-refractivity contribution in [3.05, 3.63) is 86.6 Å². The Bertz CT molecular complexity index is 1190. The van der Waals surface area contributed by atoms with Gasteiger partial charge in [-0.25, -0.2) is 9.37 Å². The Labute approximate surface area is 176 Å². The highest BCUT2D eigenvalue weighted by Gasteiger charge is 2.13. The monoisotopic (exact) mass is 426 g/mol. The minimum absolute atomic E-state index is 0.0458. The summed E-state index contributed by atoms with van der Waals surface area (Å²) in [5, 5.41) is 3.28. The van der Waals surface area contributed by atoms with E-state index in [1.165, 1.54) is 29.8 Å². The maximum absolute atomic E-state index is 14.0. The summed E-state index contributed by atoms with van der Waals surface area (Å²) in [4.78, 5) is 19.0. The first kappa shape index (κ1) is 19.7. The zero-order valence-electron chi connectivity index (χ0n) is 15.8. The number of thiophene rings is 1. The van der Waals surface area contributed by atoms with Crippen molar-refractivity contribution in [3.63, 3.8) is 0 Å². The van der Waals surface area contributed by atoms with Gasteiger partial charge in [-0.1, -0.05) is 36.0 Å². The van der Waals surface area contributed by atoms with E-state index >= 15 is 0 Å². The number of para-hydroxylation sites is 1. The number of halogens is 1. The van der Waals surface area contributed by atoms with Gasteiger partial charge in [-0.15, -0.1) is 11.3 Å². The van der Waals surface area contributed by atoms with Gasteiger partial charge in [0.2, 0.25) is 0 Å². The number of thioether (sulfide) groups is 1. The Kier molecular flexibility index (Phi) is 5.97. The Hall–Kier alpha value is -2.64. The van der Waals surface area contributed by atoms with Crippen molar-refractivity contribution in [1.29, 1.82) is 0 Å². The van der Waals surface area contributed by atoms with E-state index in [2.05, 4.69) is 6.07 Å². The zero-order valence-corrected chi connectivity index (χ0v) is 17.4. The van der Waals surface area contributed by atoms with Crippen LogP contribution in [0.5, 0.6) is 5.75 Å². The average Bonchev–Trinajstić information content (AvgIpc) is 3.25. The molecule has 0 radical (unpaired) electrons. The second-order valence-corrected chi connectivity index (χ2v) is 8.43. The van der Waals surface area contributed by atoms with Gasteiger partial charge >= 0.3 is 0 Å². The van der Waals surface area contributed by atoms with Gasteiger partial charge in [-0.2, -0.15) is 0 Å². The van der Waals surface area contributed by atoms with Gasteiger partial charge in [-0.3, -0.25) is 9.36 Å². The Morgan fingerprint density at radius 1 is 1.17 bits per heavy atom. The number of aromatic nitrogens is 2. The highest BCUT2D eigenvalue weighted by Crippen LogP contribution is 2.25. The fraction of sp³-hybridized carbons (Fsp3) is 0.182. The van der Waals surface area contributed by atoms with Crippen LogP contribution in [0.1, 0.15) is 10.4 Å². The van der Waals surface area contributed by atoms with E-state index < -0.39 is 5.82 Å². The molecule has 0 saturated carbocycles. The fourth-order valence-electron chi connectivity index (χ4n) is 3.08. The minimum atomic E-state index is -0.396. The number of hydrogen-bond donors (Lipinski definition) is 0. The van der Waals surface area contributed by atoms with Crippen molar-refractivity contribution in [3.8, 4) is 5.75 Å². The van der Waals surface area contributed by atoms with Crippen LogP contribution in [0.4, 0.5) is 4.39 Å². The Balaban J connectivity index is 1.65. The van der Waals surface area contributed by atoms with Crippen molar-refractivity contribution in [1.82, 2.24) is 9.55 Å². The first-order valence-electron chi connectivity index (χ1n) is 9.13. The lowest BCUT2D eigenvalue weighted by atomic mass is 10.2. The van der Waals surface area contributed by atoms with Crippen LogP contribution in [-0.4, -0.2) is 16.7 Å². The number of fused-ring (bicyclic) bond motifs is 1. The molecule has 0 N–H and O–H groups in total. The van der Waals surface area contributed by atoms with E-state index in [9.17, 15) is 9.18 Å². The molecule has 7 heteroatoms. The summed E-state index contributed by atoms with van der Waals surface area (Å²) in [5.41, 5.74) is 1.43. The standard InChI is InChI=1S/C22H19FN2O2S2/c1-27-20-9-8-15(13-18(20)23)14-29-22-24-19-7-3-2-6-17(19)21(26)25(22)11-10-16-5-4-12-28-16/h2-9,12-13H,10-11,14H2,1H3. The van der Waals surface area contributed by atoms with Crippen molar-refractivity contribution >= 4 is 34.0 Å². The minimum Gasteiger partial charge on any atom is -0.494 e. The molecule has 0 aliphatic heterocycles. The Morgan fingerprint density at radius 3 is 2.79 bits per heavy atom. The molecule has 148 valence electrons. The molecule has 2 aromatic carbocycles. The van der Waals surface area contributed by atoms with Crippen molar-refractivity contribution in [2.75, 3.05) is 7.11 Å². The lowest BCUT2D eigenvalue weighted by molar-refractivity contribution is 0.386. The first-order chi connectivity index (χ1) is 14.2. The largest absolute Gasteiger partial charge is 0.494 e. The molecule has 2 heterocycles. The highest BCUT2D eigenvalue weighted by molar-refractivity contribution is 7.98. The maximum atomic E-state index is 14.0. The molecular weight excluding hydrogens is 407 g/mol. The number of benzene rings is 2. The van der Waals surface area contributed by atoms with E-state index in [0.717, 1.165) is 12.0 Å². The molecule has 4 rings (SSSR count). The zero-order chi connectivity index (χ0) is 20.2. The number of methoxy groups -OCH3 is 1. The third-order valence-electron chi connectivity index (χ3n) is 4.57. The second kappa shape index (κ2) is 8.80. The predicted octanol–water partition coefficient (Wildman–Crippen LogP) is 5.14. The van der Waals surface area contributed by atoms with Crippen LogP contribution in [0, 0.1) is 5.82 Å². The molecule has 0 spiro atoms. The van der Waals surface area contributed by atoms with Crippen molar-refractivity contribution < 1.29 is 9.13 Å². The predicted molar refractivity (Wildman–Crippen MR) is 117 cm³/mol. The van der Waals surface area contributed by atoms with Crippen LogP contribution in [-0.2, 0) is 18.7 Å². The topological polar surface area (TPSA) is 44.1 Å². The van der Waals surface area contributed by atoms with Gasteiger partial charge < -0.3 is 4.74 Å². The molecule has 0 bridgehead atoms. The molecule has 4 aromatic rings. The van der Waals surface area contributed by atoms with Crippen molar-refractivity contribution in [2.24, 2.45) is 0 Å². The smallest absolute Gasteiger partial charge is 0.262 e. The van der Waals surface area contributed by atoms with Crippen LogP contribution >= 0.6 is 23.1 Å². The van der Waals surface area contributed by atoms with Gasteiger partial charge in [0.25, 0.3) is 5.56 Å². The van der Waals surface area contributed by atoms with Gasteiger partial charge in [-0.05, 0) is 47.7 Å². The van der Waals surface area contributed by atoms with Crippen molar-refractivity contribution in [2.45, 2.75) is 23.9 Å². The summed E-state index contributed by atoms with van der Waals surface area (Å²) in [6, 6.07) is 16.3. The van der Waals surface area contributed by atoms with Crippen LogP contribution in [0.25, 0.3) is 10.9 Å². The summed E-state index contributed by atoms with van der Waals surface area (Å²) < 4.78 is 20.7. The van der Waals surface area contributed by atoms with Crippen LogP contribution in [0.3, 0.4) is 0 Å². The number of ether oxygens (including phenoxy) is 1. The van der Waals surface area contributed by atoms with Gasteiger partial charge in [0.05, 0.1) is 18.0 Å². The van der Waals surface area contributed by atoms with Crippen LogP contribution in [0.15, 0.2) is 69.9 Å². The van der Waals surface area contributed by atoms with Crippen LogP contribution in [0.2, 0.25) is 0 Å². The number of nitrogens with zero attached hydrogens (tertiary/aromatic N) is 2. The van der Waals surface area contributed by atoms with E-state index in [-0.39, 0.29) is 11.3 Å². The third kappa shape index (κ3) is 4.36. The van der Waals surface area contributed by atoms with Gasteiger partial charge in [0.1, 0.15) is 0 Å². The molecule has 0 saturated heterocycles. The summed E-state index contributed by atoms with van der Waals surface area (Å²) in [6.07, 6.45) is 0.766. The number of aryl methyl sites for hydroxylation is 1. The molecule has 29 heavy (non-hydrogen) atoms. The molecule has 2 aromatic heterocycles. The first-order valence-corrected chi connectivity index (χ1v) is 11.0. The van der Waals surface area contributed by atoms with Gasteiger partial charge in [0.15, 0.2) is 16.7 Å². The summed E-state index contributed by atoms with van der Waals surface area (Å²) in [7, 11) is 1.44. The normalized spacial score (nSPS) is 11.1. The Morgan fingerprint density at radius 2 is 2.03 bits per heavy atom. The van der Waals surface area contributed by atoms with Crippen LogP contribution < -0.4 is 10.3 Å². The fourth-order valence-corrected chi connectivity index (χ4v) is 4.75. The maximum Gasteiger partial charge on any atom is 0.262 e. The summed E-state index contributed by atoms with van der Waals surface area (Å²) in [5.74, 6) is 0.327. The SMILES string of the molecule is COc1ccc(CSc2nc3ccccc3c(=O)n2CCc2cccs2)cc1F. The second-order valence-electron chi connectivity index (χ2n) is 6.46. The lowest BCUT2D eigenvalue weighted by Crippen LogP contribution is -2.24. The molecule has 4 nitrogen and oxygen atoms in total. The third-order valence-corrected chi connectivity index (χ3v) is 6.56. The molecule has 0 unspecified atom stereocenters. The molecular formula is C22H19FN2O2S2. The number of rotatable bonds is 7. The van der Waals surface area contributed by atoms with E-state index in [4.69, 9.17) is 9.72 Å². The quantitative estimate of drug-likeness (QED) is 0.303.